The molecule has 168 valence electrons. The van der Waals surface area contributed by atoms with Gasteiger partial charge in [-0.15, -0.1) is 24.4 Å². The standard InChI is InChI=1S/C31H26OS2/c1-34-31(28-18-8-13-22-10-2-5-15-25(22)28,29-19-9-14-23-11-3-6-16-26(23)29)32-30(33)21-20-24-12-4-7-17-27(24)30/h2-19,33H,20-21H2,1H3. The minimum atomic E-state index is -0.749. The Bertz CT molecular complexity index is 1420. The summed E-state index contributed by atoms with van der Waals surface area (Å²) in [7, 11) is 0. The zero-order valence-corrected chi connectivity index (χ0v) is 20.8. The topological polar surface area (TPSA) is 9.23 Å². The van der Waals surface area contributed by atoms with Crippen LogP contribution in [0.2, 0.25) is 0 Å². The molecule has 0 saturated heterocycles. The van der Waals surface area contributed by atoms with Crippen LogP contribution in [0, 0.1) is 0 Å². The first-order chi connectivity index (χ1) is 16.6. The minimum absolute atomic E-state index is 0.687. The largest absolute Gasteiger partial charge is 0.335 e. The molecule has 3 heteroatoms. The maximum Gasteiger partial charge on any atom is 0.168 e. The number of ether oxygens (including phenoxy) is 1. The summed E-state index contributed by atoms with van der Waals surface area (Å²) in [5.41, 5.74) is 4.82. The van der Waals surface area contributed by atoms with Crippen LogP contribution in [-0.2, 0) is 21.0 Å². The van der Waals surface area contributed by atoms with E-state index in [1.165, 1.54) is 32.7 Å². The summed E-state index contributed by atoms with van der Waals surface area (Å²) >= 11 is 7.00. The number of hydrogen-bond donors (Lipinski definition) is 1. The molecule has 1 aliphatic rings. The normalized spacial score (nSPS) is 17.8. The smallest absolute Gasteiger partial charge is 0.168 e. The van der Waals surface area contributed by atoms with E-state index in [-0.39, 0.29) is 0 Å². The summed E-state index contributed by atoms with van der Waals surface area (Å²) in [5, 5.41) is 4.83. The molecule has 0 fully saturated rings. The number of hydrogen-bond acceptors (Lipinski definition) is 3. The first kappa shape index (κ1) is 21.8. The fourth-order valence-electron chi connectivity index (χ4n) is 5.44. The number of rotatable bonds is 5. The maximum absolute atomic E-state index is 7.38. The summed E-state index contributed by atoms with van der Waals surface area (Å²) in [6.45, 7) is 0. The van der Waals surface area contributed by atoms with Gasteiger partial charge in [-0.1, -0.05) is 109 Å². The van der Waals surface area contributed by atoms with Crippen molar-refractivity contribution in [3.8, 4) is 0 Å². The highest BCUT2D eigenvalue weighted by atomic mass is 32.2. The highest BCUT2D eigenvalue weighted by Gasteiger charge is 2.47. The summed E-state index contributed by atoms with van der Waals surface area (Å²) in [4.78, 5) is -1.44. The van der Waals surface area contributed by atoms with E-state index in [0.29, 0.717) is 0 Å². The van der Waals surface area contributed by atoms with E-state index >= 15 is 0 Å². The Labute approximate surface area is 210 Å². The van der Waals surface area contributed by atoms with Gasteiger partial charge < -0.3 is 4.74 Å². The molecule has 0 amide bonds. The van der Waals surface area contributed by atoms with Crippen LogP contribution >= 0.6 is 24.4 Å². The number of benzene rings is 5. The second kappa shape index (κ2) is 8.49. The van der Waals surface area contributed by atoms with Crippen LogP contribution in [0.5, 0.6) is 0 Å². The fourth-order valence-corrected chi connectivity index (χ4v) is 6.99. The van der Waals surface area contributed by atoms with Crippen molar-refractivity contribution in [3.05, 3.63) is 131 Å². The average molecular weight is 479 g/mol. The second-order valence-corrected chi connectivity index (χ2v) is 10.6. The fraction of sp³-hybridized carbons (Fsp3) is 0.161. The molecule has 0 N–H and O–H groups in total. The van der Waals surface area contributed by atoms with Gasteiger partial charge in [-0.2, -0.15) is 0 Å². The number of thiol groups is 1. The Morgan fingerprint density at radius 1 is 0.706 bits per heavy atom. The lowest BCUT2D eigenvalue weighted by molar-refractivity contribution is -0.0379. The molecule has 0 radical (unpaired) electrons. The van der Waals surface area contributed by atoms with Gasteiger partial charge in [-0.25, -0.2) is 0 Å². The zero-order chi connectivity index (χ0) is 23.2. The van der Waals surface area contributed by atoms with Gasteiger partial charge in [0, 0.05) is 11.1 Å². The third kappa shape index (κ3) is 3.38. The van der Waals surface area contributed by atoms with Crippen molar-refractivity contribution in [2.45, 2.75) is 22.7 Å². The predicted molar refractivity (Wildman–Crippen MR) is 149 cm³/mol. The van der Waals surface area contributed by atoms with Crippen molar-refractivity contribution in [2.75, 3.05) is 6.26 Å². The Balaban J connectivity index is 1.66. The molecule has 0 spiro atoms. The van der Waals surface area contributed by atoms with Crippen molar-refractivity contribution < 1.29 is 4.74 Å². The summed E-state index contributed by atoms with van der Waals surface area (Å²) in [5.74, 6) is 0. The summed E-state index contributed by atoms with van der Waals surface area (Å²) in [6.07, 6.45) is 3.96. The van der Waals surface area contributed by atoms with Gasteiger partial charge in [-0.3, -0.25) is 0 Å². The highest BCUT2D eigenvalue weighted by molar-refractivity contribution is 7.99. The van der Waals surface area contributed by atoms with E-state index in [2.05, 4.69) is 115 Å². The van der Waals surface area contributed by atoms with Crippen molar-refractivity contribution in [1.29, 1.82) is 0 Å². The van der Waals surface area contributed by atoms with E-state index in [0.717, 1.165) is 24.0 Å². The number of aryl methyl sites for hydroxylation is 1. The molecule has 1 atom stereocenters. The van der Waals surface area contributed by atoms with Crippen LogP contribution < -0.4 is 0 Å². The van der Waals surface area contributed by atoms with Crippen LogP contribution in [0.15, 0.2) is 109 Å². The molecule has 0 aliphatic heterocycles. The first-order valence-corrected chi connectivity index (χ1v) is 13.3. The maximum atomic E-state index is 7.38. The molecule has 6 rings (SSSR count). The Kier molecular flexibility index (Phi) is 5.44. The van der Waals surface area contributed by atoms with E-state index in [1.54, 1.807) is 11.8 Å². The highest BCUT2D eigenvalue weighted by Crippen LogP contribution is 2.55. The van der Waals surface area contributed by atoms with Gasteiger partial charge in [0.2, 0.25) is 0 Å². The second-order valence-electron chi connectivity index (χ2n) is 8.92. The Morgan fingerprint density at radius 2 is 1.24 bits per heavy atom. The van der Waals surface area contributed by atoms with Gasteiger partial charge in [-0.05, 0) is 51.8 Å². The Hall–Kier alpha value is -2.72. The van der Waals surface area contributed by atoms with Crippen LogP contribution in [0.1, 0.15) is 28.7 Å². The molecule has 5 aromatic carbocycles. The lowest BCUT2D eigenvalue weighted by Gasteiger charge is -2.41. The van der Waals surface area contributed by atoms with Crippen LogP contribution in [-0.4, -0.2) is 6.26 Å². The van der Waals surface area contributed by atoms with Gasteiger partial charge in [0.1, 0.15) is 4.93 Å². The van der Waals surface area contributed by atoms with Gasteiger partial charge in [0.25, 0.3) is 0 Å². The molecule has 0 aromatic heterocycles. The van der Waals surface area contributed by atoms with E-state index in [4.69, 9.17) is 17.4 Å². The van der Waals surface area contributed by atoms with Crippen molar-refractivity contribution in [2.24, 2.45) is 0 Å². The predicted octanol–water partition coefficient (Wildman–Crippen LogP) is 8.30. The lowest BCUT2D eigenvalue weighted by atomic mass is 9.91. The van der Waals surface area contributed by atoms with E-state index < -0.39 is 9.87 Å². The number of fused-ring (bicyclic) bond motifs is 3. The molecular weight excluding hydrogens is 452 g/mol. The van der Waals surface area contributed by atoms with Crippen molar-refractivity contribution >= 4 is 45.9 Å². The monoisotopic (exact) mass is 478 g/mol. The lowest BCUT2D eigenvalue weighted by Crippen LogP contribution is -2.36. The first-order valence-electron chi connectivity index (χ1n) is 11.7. The molecule has 1 aliphatic carbocycles. The molecule has 34 heavy (non-hydrogen) atoms. The Morgan fingerprint density at radius 3 is 1.85 bits per heavy atom. The average Bonchev–Trinajstić information content (AvgIpc) is 3.23. The molecular formula is C31H26OS2. The van der Waals surface area contributed by atoms with Crippen LogP contribution in [0.3, 0.4) is 0 Å². The molecule has 5 aromatic rings. The number of thioether (sulfide) groups is 1. The molecule has 0 heterocycles. The third-order valence-corrected chi connectivity index (χ3v) is 8.71. The van der Waals surface area contributed by atoms with E-state index in [9.17, 15) is 0 Å². The SMILES string of the molecule is CSC(OC1(S)CCc2ccccc21)(c1cccc2ccccc12)c1cccc2ccccc12. The van der Waals surface area contributed by atoms with Crippen LogP contribution in [0.4, 0.5) is 0 Å². The molecule has 0 bridgehead atoms. The summed E-state index contributed by atoms with van der Waals surface area (Å²) in [6, 6.07) is 38.8. The molecule has 0 saturated carbocycles. The minimum Gasteiger partial charge on any atom is -0.335 e. The van der Waals surface area contributed by atoms with Gasteiger partial charge in [0.15, 0.2) is 4.93 Å². The van der Waals surface area contributed by atoms with Gasteiger partial charge in [0.05, 0.1) is 0 Å². The summed E-state index contributed by atoms with van der Waals surface area (Å²) < 4.78 is 7.38. The van der Waals surface area contributed by atoms with Crippen molar-refractivity contribution in [1.82, 2.24) is 0 Å². The quantitative estimate of drug-likeness (QED) is 0.201. The molecule has 1 nitrogen and oxygen atoms in total. The third-order valence-electron chi connectivity index (χ3n) is 7.06. The van der Waals surface area contributed by atoms with Crippen molar-refractivity contribution in [3.63, 3.8) is 0 Å². The van der Waals surface area contributed by atoms with E-state index in [1.807, 2.05) is 0 Å². The van der Waals surface area contributed by atoms with Gasteiger partial charge >= 0.3 is 0 Å². The zero-order valence-electron chi connectivity index (χ0n) is 19.1. The molecule has 1 unspecified atom stereocenters. The van der Waals surface area contributed by atoms with Crippen LogP contribution in [0.25, 0.3) is 21.5 Å².